The zero-order valence-electron chi connectivity index (χ0n) is 16.3. The number of esters is 2. The molecule has 0 spiro atoms. The monoisotopic (exact) mass is 426 g/mol. The van der Waals surface area contributed by atoms with Crippen LogP contribution in [0.15, 0.2) is 24.3 Å². The molecule has 0 radical (unpaired) electrons. The van der Waals surface area contributed by atoms with Gasteiger partial charge in [-0.25, -0.2) is 9.59 Å². The van der Waals surface area contributed by atoms with Crippen LogP contribution in [0, 0.1) is 20.2 Å². The van der Waals surface area contributed by atoms with Crippen LogP contribution in [0.5, 0.6) is 0 Å². The highest BCUT2D eigenvalue weighted by atomic mass is 16.6. The molecule has 1 fully saturated rings. The molecule has 1 saturated carbocycles. The summed E-state index contributed by atoms with van der Waals surface area (Å²) in [6.45, 7) is 2.45. The van der Waals surface area contributed by atoms with Crippen molar-refractivity contribution >= 4 is 17.6 Å². The van der Waals surface area contributed by atoms with Crippen molar-refractivity contribution < 1.29 is 39.1 Å². The summed E-state index contributed by atoms with van der Waals surface area (Å²) in [6.07, 6.45) is -1.09. The summed E-state index contributed by atoms with van der Waals surface area (Å²) in [5.74, 6) is -3.66. The molecule has 1 aliphatic carbocycles. The largest absolute Gasteiger partial charge is 0.464 e. The zero-order valence-corrected chi connectivity index (χ0v) is 16.3. The smallest absolute Gasteiger partial charge is 0.345 e. The fourth-order valence-corrected chi connectivity index (χ4v) is 3.80. The fraction of sp³-hybridized carbons (Fsp3) is 0.556. The second kappa shape index (κ2) is 8.71. The molecule has 164 valence electrons. The Hall–Kier alpha value is -3.12. The minimum absolute atomic E-state index is 0.203. The molecule has 0 aliphatic heterocycles. The van der Waals surface area contributed by atoms with E-state index in [0.29, 0.717) is 5.56 Å². The minimum Gasteiger partial charge on any atom is -0.464 e. The lowest BCUT2D eigenvalue weighted by molar-refractivity contribution is -0.566. The van der Waals surface area contributed by atoms with E-state index in [1.165, 1.54) is 38.1 Å². The van der Waals surface area contributed by atoms with Crippen LogP contribution in [0.3, 0.4) is 0 Å². The molecule has 0 aromatic heterocycles. The third-order valence-electron chi connectivity index (χ3n) is 5.06. The van der Waals surface area contributed by atoms with Crippen LogP contribution in [-0.2, 0) is 19.1 Å². The fourth-order valence-electron chi connectivity index (χ4n) is 3.80. The van der Waals surface area contributed by atoms with Crippen molar-refractivity contribution in [1.82, 2.24) is 0 Å². The van der Waals surface area contributed by atoms with Gasteiger partial charge in [-0.1, -0.05) is 12.1 Å². The second-order valence-electron chi connectivity index (χ2n) is 6.93. The van der Waals surface area contributed by atoms with Gasteiger partial charge in [-0.05, 0) is 25.3 Å². The maximum absolute atomic E-state index is 12.5. The minimum atomic E-state index is -2.84. The van der Waals surface area contributed by atoms with Crippen LogP contribution in [0.25, 0.3) is 0 Å². The number of non-ortho nitro benzene ring substituents is 1. The lowest BCUT2D eigenvalue weighted by Crippen LogP contribution is -2.70. The standard InChI is InChI=1S/C18H22N2O10/c1-3-29-15(21)17(23)9-12(11-5-7-13(8-6-11)19(25)26)10-18(24,14(17)20(27)28)16(22)30-4-2/h5-8,12,14,23-24H,3-4,9-10H2,1-2H3/t12-,14-,17-,18+. The van der Waals surface area contributed by atoms with Gasteiger partial charge in [0.15, 0.2) is 0 Å². The number of nitrogens with zero attached hydrogens (tertiary/aromatic N) is 2. The Bertz CT molecular complexity index is 808. The summed E-state index contributed by atoms with van der Waals surface area (Å²) in [4.78, 5) is 45.9. The molecule has 0 amide bonds. The molecule has 12 nitrogen and oxygen atoms in total. The summed E-state index contributed by atoms with van der Waals surface area (Å²) in [5.41, 5.74) is -5.58. The van der Waals surface area contributed by atoms with Gasteiger partial charge in [0.25, 0.3) is 11.7 Å². The third kappa shape index (κ3) is 4.09. The van der Waals surface area contributed by atoms with E-state index in [0.717, 1.165) is 0 Å². The second-order valence-corrected chi connectivity index (χ2v) is 6.93. The molecule has 0 heterocycles. The predicted octanol–water partition coefficient (Wildman–Crippen LogP) is 0.706. The van der Waals surface area contributed by atoms with E-state index in [1.807, 2.05) is 0 Å². The number of nitro groups is 2. The van der Waals surface area contributed by atoms with E-state index in [1.54, 1.807) is 0 Å². The number of ether oxygens (including phenoxy) is 2. The summed E-state index contributed by atoms with van der Waals surface area (Å²) in [7, 11) is 0. The van der Waals surface area contributed by atoms with Crippen LogP contribution >= 0.6 is 0 Å². The predicted molar refractivity (Wildman–Crippen MR) is 99.0 cm³/mol. The Kier molecular flexibility index (Phi) is 6.73. The van der Waals surface area contributed by atoms with Gasteiger partial charge in [-0.3, -0.25) is 20.2 Å². The molecule has 2 rings (SSSR count). The van der Waals surface area contributed by atoms with Crippen molar-refractivity contribution in [3.63, 3.8) is 0 Å². The zero-order chi connectivity index (χ0) is 22.7. The number of nitro benzene ring substituents is 1. The highest BCUT2D eigenvalue weighted by Gasteiger charge is 2.71. The Morgan fingerprint density at radius 3 is 1.77 bits per heavy atom. The number of hydrogen-bond donors (Lipinski definition) is 2. The summed E-state index contributed by atoms with van der Waals surface area (Å²) in [5, 5.41) is 44.7. The maximum Gasteiger partial charge on any atom is 0.345 e. The van der Waals surface area contributed by atoms with Gasteiger partial charge in [0, 0.05) is 29.9 Å². The normalized spacial score (nSPS) is 28.4. The van der Waals surface area contributed by atoms with Crippen molar-refractivity contribution in [3.05, 3.63) is 50.1 Å². The molecule has 4 atom stereocenters. The van der Waals surface area contributed by atoms with Crippen molar-refractivity contribution in [3.8, 4) is 0 Å². The molecular formula is C18H22N2O10. The van der Waals surface area contributed by atoms with Crippen LogP contribution in [0.4, 0.5) is 5.69 Å². The molecule has 2 N–H and O–H groups in total. The molecule has 1 aliphatic rings. The number of rotatable bonds is 7. The highest BCUT2D eigenvalue weighted by Crippen LogP contribution is 2.46. The number of hydrogen-bond acceptors (Lipinski definition) is 10. The van der Waals surface area contributed by atoms with Gasteiger partial charge >= 0.3 is 11.9 Å². The van der Waals surface area contributed by atoms with E-state index < -0.39 is 57.8 Å². The van der Waals surface area contributed by atoms with E-state index in [2.05, 4.69) is 0 Å². The average Bonchev–Trinajstić information content (AvgIpc) is 2.67. The first-order valence-corrected chi connectivity index (χ1v) is 9.18. The van der Waals surface area contributed by atoms with Crippen molar-refractivity contribution in [2.75, 3.05) is 13.2 Å². The number of aliphatic hydroxyl groups is 2. The van der Waals surface area contributed by atoms with Gasteiger partial charge in [-0.15, -0.1) is 0 Å². The number of benzene rings is 1. The Morgan fingerprint density at radius 1 is 1.00 bits per heavy atom. The quantitative estimate of drug-likeness (QED) is 0.358. The summed E-state index contributed by atoms with van der Waals surface area (Å²) in [6, 6.07) is 2.56. The van der Waals surface area contributed by atoms with Gasteiger partial charge in [0.2, 0.25) is 11.2 Å². The van der Waals surface area contributed by atoms with E-state index in [-0.39, 0.29) is 18.9 Å². The Labute approximate surface area is 170 Å². The molecule has 30 heavy (non-hydrogen) atoms. The Morgan fingerprint density at radius 2 is 1.43 bits per heavy atom. The summed E-state index contributed by atoms with van der Waals surface area (Å²) >= 11 is 0. The van der Waals surface area contributed by atoms with Crippen molar-refractivity contribution in [1.29, 1.82) is 0 Å². The van der Waals surface area contributed by atoms with E-state index >= 15 is 0 Å². The molecule has 0 bridgehead atoms. The SMILES string of the molecule is CCOC(=O)[C@]1(O)C[C@H](c2ccc([N+](=O)[O-])cc2)C[C@](O)(C(=O)OCC)[C@H]1[N+](=O)[O-]. The Balaban J connectivity index is 2.59. The first-order valence-electron chi connectivity index (χ1n) is 9.18. The molecule has 1 aromatic carbocycles. The van der Waals surface area contributed by atoms with Gasteiger partial charge in [-0.2, -0.15) is 0 Å². The van der Waals surface area contributed by atoms with Crippen molar-refractivity contribution in [2.24, 2.45) is 0 Å². The van der Waals surface area contributed by atoms with Gasteiger partial charge in [0.05, 0.1) is 18.1 Å². The lowest BCUT2D eigenvalue weighted by atomic mass is 9.64. The highest BCUT2D eigenvalue weighted by molar-refractivity contribution is 5.86. The first kappa shape index (κ1) is 23.2. The van der Waals surface area contributed by atoms with Crippen molar-refractivity contribution in [2.45, 2.75) is 49.9 Å². The van der Waals surface area contributed by atoms with Crippen LogP contribution in [0.1, 0.15) is 38.2 Å². The molecule has 12 heteroatoms. The maximum atomic E-state index is 12.5. The molecular weight excluding hydrogens is 404 g/mol. The number of carbonyl (C=O) groups excluding carboxylic acids is 2. The van der Waals surface area contributed by atoms with E-state index in [9.17, 15) is 40.0 Å². The molecule has 0 unspecified atom stereocenters. The van der Waals surface area contributed by atoms with Gasteiger partial charge < -0.3 is 19.7 Å². The van der Waals surface area contributed by atoms with Crippen LogP contribution in [0.2, 0.25) is 0 Å². The van der Waals surface area contributed by atoms with Crippen LogP contribution < -0.4 is 0 Å². The van der Waals surface area contributed by atoms with Crippen LogP contribution in [-0.4, -0.2) is 62.5 Å². The van der Waals surface area contributed by atoms with Gasteiger partial charge in [0.1, 0.15) is 0 Å². The molecule has 0 saturated heterocycles. The first-order chi connectivity index (χ1) is 14.0. The van der Waals surface area contributed by atoms with E-state index in [4.69, 9.17) is 9.47 Å². The lowest BCUT2D eigenvalue weighted by Gasteiger charge is -2.44. The molecule has 1 aromatic rings. The summed E-state index contributed by atoms with van der Waals surface area (Å²) < 4.78 is 9.57. The third-order valence-corrected chi connectivity index (χ3v) is 5.06. The topological polar surface area (TPSA) is 179 Å². The average molecular weight is 426 g/mol. The number of carbonyl (C=O) groups is 2.